The minimum absolute atomic E-state index is 0.000218. The summed E-state index contributed by atoms with van der Waals surface area (Å²) < 4.78 is 7.53. The Labute approximate surface area is 176 Å². The zero-order valence-corrected chi connectivity index (χ0v) is 17.2. The summed E-state index contributed by atoms with van der Waals surface area (Å²) in [5.41, 5.74) is 4.76. The molecule has 5 heteroatoms. The van der Waals surface area contributed by atoms with Gasteiger partial charge in [0.2, 0.25) is 0 Å². The van der Waals surface area contributed by atoms with E-state index < -0.39 is 6.10 Å². The van der Waals surface area contributed by atoms with Gasteiger partial charge in [-0.1, -0.05) is 42.5 Å². The van der Waals surface area contributed by atoms with Gasteiger partial charge < -0.3 is 14.2 Å². The molecule has 1 fully saturated rings. The van der Waals surface area contributed by atoms with Crippen molar-refractivity contribution in [2.75, 3.05) is 0 Å². The van der Waals surface area contributed by atoms with Crippen molar-refractivity contribution in [3.05, 3.63) is 71.4 Å². The molecule has 2 aromatic carbocycles. The molecule has 0 bridgehead atoms. The lowest BCUT2D eigenvalue weighted by molar-refractivity contribution is -0.155. The van der Waals surface area contributed by atoms with Crippen molar-refractivity contribution in [2.45, 2.75) is 50.8 Å². The normalized spacial score (nSPS) is 20.8. The van der Waals surface area contributed by atoms with Crippen LogP contribution in [-0.2, 0) is 34.3 Å². The van der Waals surface area contributed by atoms with Crippen molar-refractivity contribution in [3.63, 3.8) is 0 Å². The first kappa shape index (κ1) is 18.9. The van der Waals surface area contributed by atoms with E-state index in [0.717, 1.165) is 30.5 Å². The topological polar surface area (TPSA) is 51.5 Å². The van der Waals surface area contributed by atoms with Crippen LogP contribution in [0, 0.1) is 0 Å². The molecule has 2 aliphatic rings. The predicted molar refractivity (Wildman–Crippen MR) is 115 cm³/mol. The Morgan fingerprint density at radius 2 is 1.90 bits per heavy atom. The first-order valence-corrected chi connectivity index (χ1v) is 10.7. The molecule has 0 radical (unpaired) electrons. The molecule has 154 valence electrons. The van der Waals surface area contributed by atoms with Crippen LogP contribution in [0.5, 0.6) is 0 Å². The van der Waals surface area contributed by atoms with Crippen LogP contribution in [-0.4, -0.2) is 27.4 Å². The predicted octanol–water partition coefficient (Wildman–Crippen LogP) is 4.29. The number of amides is 1. The van der Waals surface area contributed by atoms with Crippen molar-refractivity contribution >= 4 is 22.8 Å². The van der Waals surface area contributed by atoms with Crippen LogP contribution in [0.15, 0.2) is 54.6 Å². The Hall–Kier alpha value is -3.08. The molecule has 1 amide bonds. The number of ether oxygens (including phenoxy) is 1. The Balaban J connectivity index is 1.54. The van der Waals surface area contributed by atoms with Crippen LogP contribution >= 0.6 is 0 Å². The molecule has 2 heterocycles. The molecule has 1 aromatic heterocycles. The SMILES string of the molecule is Cn1c(CN(C(=O)C2CCC(=O)O2)C2CCCc3ccccc32)cc2ccccc21. The number of carbonyl (C=O) groups excluding carboxylic acids is 2. The smallest absolute Gasteiger partial charge is 0.306 e. The van der Waals surface area contributed by atoms with Gasteiger partial charge in [-0.3, -0.25) is 9.59 Å². The summed E-state index contributed by atoms with van der Waals surface area (Å²) in [5.74, 6) is -0.352. The number of aromatic nitrogens is 1. The Morgan fingerprint density at radius 1 is 1.10 bits per heavy atom. The van der Waals surface area contributed by atoms with E-state index >= 15 is 0 Å². The fourth-order valence-corrected chi connectivity index (χ4v) is 4.95. The number of aryl methyl sites for hydroxylation is 2. The van der Waals surface area contributed by atoms with Gasteiger partial charge in [-0.05, 0) is 47.9 Å². The third-order valence-corrected chi connectivity index (χ3v) is 6.54. The number of para-hydroxylation sites is 1. The summed E-state index contributed by atoms with van der Waals surface area (Å²) in [7, 11) is 2.05. The number of carbonyl (C=O) groups is 2. The number of hydrogen-bond acceptors (Lipinski definition) is 3. The lowest BCUT2D eigenvalue weighted by Crippen LogP contribution is -2.42. The van der Waals surface area contributed by atoms with Crippen molar-refractivity contribution in [1.82, 2.24) is 9.47 Å². The van der Waals surface area contributed by atoms with E-state index in [2.05, 4.69) is 41.0 Å². The van der Waals surface area contributed by atoms with Crippen LogP contribution in [0.3, 0.4) is 0 Å². The van der Waals surface area contributed by atoms with Gasteiger partial charge in [0.1, 0.15) is 0 Å². The molecule has 3 aromatic rings. The minimum atomic E-state index is -0.665. The summed E-state index contributed by atoms with van der Waals surface area (Å²) >= 11 is 0. The highest BCUT2D eigenvalue weighted by Crippen LogP contribution is 2.37. The van der Waals surface area contributed by atoms with E-state index in [0.29, 0.717) is 19.4 Å². The van der Waals surface area contributed by atoms with Gasteiger partial charge in [0, 0.05) is 31.1 Å². The van der Waals surface area contributed by atoms with Crippen LogP contribution in [0.4, 0.5) is 0 Å². The molecule has 2 atom stereocenters. The lowest BCUT2D eigenvalue weighted by atomic mass is 9.86. The summed E-state index contributed by atoms with van der Waals surface area (Å²) in [6, 6.07) is 18.8. The highest BCUT2D eigenvalue weighted by Gasteiger charge is 2.38. The lowest BCUT2D eigenvalue weighted by Gasteiger charge is -2.37. The van der Waals surface area contributed by atoms with Gasteiger partial charge in [0.05, 0.1) is 12.6 Å². The van der Waals surface area contributed by atoms with Gasteiger partial charge >= 0.3 is 5.97 Å². The summed E-state index contributed by atoms with van der Waals surface area (Å²) in [6.07, 6.45) is 3.14. The molecule has 1 aliphatic heterocycles. The van der Waals surface area contributed by atoms with E-state index in [9.17, 15) is 9.59 Å². The third-order valence-electron chi connectivity index (χ3n) is 6.54. The highest BCUT2D eigenvalue weighted by atomic mass is 16.6. The maximum Gasteiger partial charge on any atom is 0.306 e. The van der Waals surface area contributed by atoms with Crippen LogP contribution < -0.4 is 0 Å². The number of benzene rings is 2. The number of esters is 1. The summed E-state index contributed by atoms with van der Waals surface area (Å²) in [6.45, 7) is 0.497. The Morgan fingerprint density at radius 3 is 2.70 bits per heavy atom. The van der Waals surface area contributed by atoms with Crippen LogP contribution in [0.2, 0.25) is 0 Å². The highest BCUT2D eigenvalue weighted by molar-refractivity contribution is 5.87. The second-order valence-electron chi connectivity index (χ2n) is 8.34. The van der Waals surface area contributed by atoms with Crippen molar-refractivity contribution in [1.29, 1.82) is 0 Å². The van der Waals surface area contributed by atoms with Crippen molar-refractivity contribution in [3.8, 4) is 0 Å². The van der Waals surface area contributed by atoms with Gasteiger partial charge in [-0.2, -0.15) is 0 Å². The fourth-order valence-electron chi connectivity index (χ4n) is 4.95. The third kappa shape index (κ3) is 3.28. The Bertz CT molecular complexity index is 1120. The minimum Gasteiger partial charge on any atom is -0.452 e. The number of hydrogen-bond donors (Lipinski definition) is 0. The first-order chi connectivity index (χ1) is 14.6. The number of nitrogens with zero attached hydrogens (tertiary/aromatic N) is 2. The van der Waals surface area contributed by atoms with E-state index in [1.165, 1.54) is 16.5 Å². The summed E-state index contributed by atoms with van der Waals surface area (Å²) in [5, 5.41) is 1.17. The maximum atomic E-state index is 13.6. The first-order valence-electron chi connectivity index (χ1n) is 10.7. The second kappa shape index (κ2) is 7.63. The van der Waals surface area contributed by atoms with Crippen molar-refractivity contribution < 1.29 is 14.3 Å². The molecule has 30 heavy (non-hydrogen) atoms. The van der Waals surface area contributed by atoms with E-state index in [1.54, 1.807) is 0 Å². The standard InChI is InChI=1S/C25H26N2O3/c1-26-19(15-18-8-3-5-11-21(18)26)16-27(25(29)23-13-14-24(28)30-23)22-12-6-9-17-7-2-4-10-20(17)22/h2-5,7-8,10-11,15,22-23H,6,9,12-14,16H2,1H3. The molecule has 2 unspecified atom stereocenters. The van der Waals surface area contributed by atoms with Gasteiger partial charge in [0.25, 0.3) is 5.91 Å². The molecule has 0 N–H and O–H groups in total. The van der Waals surface area contributed by atoms with Crippen LogP contribution in [0.1, 0.15) is 48.5 Å². The summed E-state index contributed by atoms with van der Waals surface area (Å²) in [4.78, 5) is 27.2. The van der Waals surface area contributed by atoms with E-state index in [4.69, 9.17) is 4.74 Å². The molecule has 5 rings (SSSR count). The van der Waals surface area contributed by atoms with Crippen LogP contribution in [0.25, 0.3) is 10.9 Å². The quantitative estimate of drug-likeness (QED) is 0.612. The van der Waals surface area contributed by atoms with Gasteiger partial charge in [-0.25, -0.2) is 0 Å². The fraction of sp³-hybridized carbons (Fsp3) is 0.360. The second-order valence-corrected chi connectivity index (χ2v) is 8.34. The molecular weight excluding hydrogens is 376 g/mol. The maximum absolute atomic E-state index is 13.6. The average molecular weight is 402 g/mol. The Kier molecular flexibility index (Phi) is 4.81. The number of fused-ring (bicyclic) bond motifs is 2. The van der Waals surface area contributed by atoms with E-state index in [-0.39, 0.29) is 17.9 Å². The largest absolute Gasteiger partial charge is 0.452 e. The zero-order chi connectivity index (χ0) is 20.7. The molecule has 1 saturated heterocycles. The monoisotopic (exact) mass is 402 g/mol. The molecule has 0 spiro atoms. The average Bonchev–Trinajstić information content (AvgIpc) is 3.35. The van der Waals surface area contributed by atoms with E-state index in [1.807, 2.05) is 30.1 Å². The van der Waals surface area contributed by atoms with Gasteiger partial charge in [-0.15, -0.1) is 0 Å². The molecule has 0 saturated carbocycles. The molecule has 1 aliphatic carbocycles. The zero-order valence-electron chi connectivity index (χ0n) is 17.2. The molecule has 5 nitrogen and oxygen atoms in total. The number of rotatable bonds is 4. The molecular formula is C25H26N2O3. The van der Waals surface area contributed by atoms with Crippen molar-refractivity contribution in [2.24, 2.45) is 7.05 Å². The number of cyclic esters (lactones) is 1. The van der Waals surface area contributed by atoms with Gasteiger partial charge in [0.15, 0.2) is 6.10 Å².